The van der Waals surface area contributed by atoms with Crippen LogP contribution < -0.4 is 0 Å². The molecular formula is C9H18O4. The average Bonchev–Trinajstić information content (AvgIpc) is 2.00. The largest absolute Gasteiger partial charge is 0.466 e. The number of esters is 1. The molecule has 4 heteroatoms. The molecule has 1 unspecified atom stereocenters. The third kappa shape index (κ3) is 6.54. The van der Waals surface area contributed by atoms with Crippen LogP contribution in [0.3, 0.4) is 0 Å². The number of carbonyl (C=O) groups excluding carboxylic acids is 1. The van der Waals surface area contributed by atoms with Crippen molar-refractivity contribution in [1.29, 1.82) is 0 Å². The van der Waals surface area contributed by atoms with Crippen LogP contribution in [-0.2, 0) is 14.3 Å². The van der Waals surface area contributed by atoms with E-state index < -0.39 is 11.6 Å². The summed E-state index contributed by atoms with van der Waals surface area (Å²) >= 11 is 0. The summed E-state index contributed by atoms with van der Waals surface area (Å²) in [7, 11) is 0. The van der Waals surface area contributed by atoms with Gasteiger partial charge in [-0.1, -0.05) is 0 Å². The Kier molecular flexibility index (Phi) is 5.66. The van der Waals surface area contributed by atoms with Gasteiger partial charge in [0.2, 0.25) is 0 Å². The first kappa shape index (κ1) is 12.4. The monoisotopic (exact) mass is 190 g/mol. The topological polar surface area (TPSA) is 55.8 Å². The third-order valence-electron chi connectivity index (χ3n) is 1.45. The van der Waals surface area contributed by atoms with Gasteiger partial charge in [-0.05, 0) is 20.8 Å². The zero-order valence-corrected chi connectivity index (χ0v) is 8.50. The van der Waals surface area contributed by atoms with Crippen LogP contribution in [0.1, 0.15) is 27.2 Å². The minimum atomic E-state index is -1.12. The maximum Gasteiger partial charge on any atom is 0.308 e. The number of ether oxygens (including phenoxy) is 2. The number of hydrogen-bond donors (Lipinski definition) is 1. The normalized spacial score (nSPS) is 15.1. The highest BCUT2D eigenvalue weighted by Gasteiger charge is 2.25. The molecule has 0 spiro atoms. The fraction of sp³-hybridized carbons (Fsp3) is 0.889. The number of carbonyl (C=O) groups is 1. The molecule has 0 heterocycles. The van der Waals surface area contributed by atoms with E-state index in [1.807, 2.05) is 6.92 Å². The molecular weight excluding hydrogens is 172 g/mol. The standard InChI is InChI=1S/C9H18O4/c1-4-12-7-9(3,11)6-8(10)13-5-2/h11H,4-7H2,1-3H3. The molecule has 0 amide bonds. The van der Waals surface area contributed by atoms with E-state index in [9.17, 15) is 9.90 Å². The summed E-state index contributed by atoms with van der Waals surface area (Å²) in [6.45, 7) is 6.14. The van der Waals surface area contributed by atoms with Gasteiger partial charge in [0.05, 0.1) is 25.2 Å². The molecule has 1 N–H and O–H groups in total. The zero-order chi connectivity index (χ0) is 10.3. The lowest BCUT2D eigenvalue weighted by atomic mass is 10.0. The van der Waals surface area contributed by atoms with E-state index >= 15 is 0 Å². The Morgan fingerprint density at radius 3 is 2.46 bits per heavy atom. The number of rotatable bonds is 6. The molecule has 78 valence electrons. The van der Waals surface area contributed by atoms with Gasteiger partial charge in [0.1, 0.15) is 0 Å². The van der Waals surface area contributed by atoms with E-state index in [2.05, 4.69) is 0 Å². The van der Waals surface area contributed by atoms with Crippen molar-refractivity contribution in [1.82, 2.24) is 0 Å². The second-order valence-electron chi connectivity index (χ2n) is 3.12. The first-order valence-electron chi connectivity index (χ1n) is 4.47. The van der Waals surface area contributed by atoms with Crippen LogP contribution in [0.2, 0.25) is 0 Å². The molecule has 0 bridgehead atoms. The van der Waals surface area contributed by atoms with Crippen molar-refractivity contribution >= 4 is 5.97 Å². The highest BCUT2D eigenvalue weighted by Crippen LogP contribution is 2.10. The van der Waals surface area contributed by atoms with Crippen LogP contribution in [0.5, 0.6) is 0 Å². The molecule has 0 fully saturated rings. The molecule has 0 aliphatic heterocycles. The smallest absolute Gasteiger partial charge is 0.308 e. The van der Waals surface area contributed by atoms with Crippen molar-refractivity contribution < 1.29 is 19.4 Å². The average molecular weight is 190 g/mol. The maximum atomic E-state index is 11.0. The van der Waals surface area contributed by atoms with E-state index in [4.69, 9.17) is 9.47 Å². The highest BCUT2D eigenvalue weighted by molar-refractivity contribution is 5.70. The Morgan fingerprint density at radius 1 is 1.38 bits per heavy atom. The Bertz CT molecular complexity index is 154. The Morgan fingerprint density at radius 2 is 2.00 bits per heavy atom. The molecule has 1 atom stereocenters. The maximum absolute atomic E-state index is 11.0. The molecule has 0 aromatic heterocycles. The Hall–Kier alpha value is -0.610. The van der Waals surface area contributed by atoms with Crippen molar-refractivity contribution in [3.05, 3.63) is 0 Å². The van der Waals surface area contributed by atoms with Gasteiger partial charge in [0.25, 0.3) is 0 Å². The highest BCUT2D eigenvalue weighted by atomic mass is 16.5. The summed E-state index contributed by atoms with van der Waals surface area (Å²) in [5, 5.41) is 9.62. The third-order valence-corrected chi connectivity index (χ3v) is 1.45. The lowest BCUT2D eigenvalue weighted by Gasteiger charge is -2.21. The van der Waals surface area contributed by atoms with Crippen LogP contribution in [0.15, 0.2) is 0 Å². The van der Waals surface area contributed by atoms with Gasteiger partial charge in [0.15, 0.2) is 0 Å². The molecule has 0 aliphatic rings. The summed E-state index contributed by atoms with van der Waals surface area (Å²) in [5.74, 6) is -0.396. The lowest BCUT2D eigenvalue weighted by Crippen LogP contribution is -2.34. The summed E-state index contributed by atoms with van der Waals surface area (Å²) in [5.41, 5.74) is -1.12. The fourth-order valence-electron chi connectivity index (χ4n) is 0.896. The summed E-state index contributed by atoms with van der Waals surface area (Å²) < 4.78 is 9.72. The number of aliphatic hydroxyl groups is 1. The Labute approximate surface area is 78.8 Å². The van der Waals surface area contributed by atoms with Crippen LogP contribution >= 0.6 is 0 Å². The van der Waals surface area contributed by atoms with Crippen LogP contribution in [0.25, 0.3) is 0 Å². The molecule has 0 aromatic rings. The SMILES string of the molecule is CCOCC(C)(O)CC(=O)OCC. The summed E-state index contributed by atoms with van der Waals surface area (Å²) in [4.78, 5) is 11.0. The minimum Gasteiger partial charge on any atom is -0.466 e. The second kappa shape index (κ2) is 5.94. The number of hydrogen-bond acceptors (Lipinski definition) is 4. The van der Waals surface area contributed by atoms with Gasteiger partial charge >= 0.3 is 5.97 Å². The van der Waals surface area contributed by atoms with Crippen LogP contribution in [0, 0.1) is 0 Å². The fourth-order valence-corrected chi connectivity index (χ4v) is 0.896. The van der Waals surface area contributed by atoms with Crippen molar-refractivity contribution in [3.63, 3.8) is 0 Å². The van der Waals surface area contributed by atoms with Crippen molar-refractivity contribution in [2.45, 2.75) is 32.8 Å². The predicted octanol–water partition coefficient (Wildman–Crippen LogP) is 0.727. The van der Waals surface area contributed by atoms with Crippen LogP contribution in [-0.4, -0.2) is 36.5 Å². The lowest BCUT2D eigenvalue weighted by molar-refractivity contribution is -0.150. The molecule has 0 saturated carbocycles. The van der Waals surface area contributed by atoms with Gasteiger partial charge in [-0.2, -0.15) is 0 Å². The van der Waals surface area contributed by atoms with E-state index in [-0.39, 0.29) is 13.0 Å². The zero-order valence-electron chi connectivity index (χ0n) is 8.50. The molecule has 0 saturated heterocycles. The van der Waals surface area contributed by atoms with E-state index in [1.165, 1.54) is 0 Å². The molecule has 0 rings (SSSR count). The van der Waals surface area contributed by atoms with Gasteiger partial charge < -0.3 is 14.6 Å². The quantitative estimate of drug-likeness (QED) is 0.627. The summed E-state index contributed by atoms with van der Waals surface area (Å²) in [6, 6.07) is 0. The first-order chi connectivity index (χ1) is 6.02. The van der Waals surface area contributed by atoms with E-state index in [0.717, 1.165) is 0 Å². The molecule has 4 nitrogen and oxygen atoms in total. The predicted molar refractivity (Wildman–Crippen MR) is 48.4 cm³/mol. The van der Waals surface area contributed by atoms with E-state index in [0.29, 0.717) is 13.2 Å². The molecule has 0 aromatic carbocycles. The molecule has 0 radical (unpaired) electrons. The van der Waals surface area contributed by atoms with Gasteiger partial charge in [-0.15, -0.1) is 0 Å². The van der Waals surface area contributed by atoms with Crippen molar-refractivity contribution in [2.75, 3.05) is 19.8 Å². The van der Waals surface area contributed by atoms with Crippen molar-refractivity contribution in [2.24, 2.45) is 0 Å². The second-order valence-corrected chi connectivity index (χ2v) is 3.12. The minimum absolute atomic E-state index is 0.0269. The van der Waals surface area contributed by atoms with E-state index in [1.54, 1.807) is 13.8 Å². The first-order valence-corrected chi connectivity index (χ1v) is 4.47. The summed E-state index contributed by atoms with van der Waals surface area (Å²) in [6.07, 6.45) is -0.0269. The Balaban J connectivity index is 3.79. The van der Waals surface area contributed by atoms with Gasteiger partial charge in [-0.3, -0.25) is 4.79 Å². The molecule has 0 aliphatic carbocycles. The van der Waals surface area contributed by atoms with Gasteiger partial charge in [0, 0.05) is 6.61 Å². The van der Waals surface area contributed by atoms with Gasteiger partial charge in [-0.25, -0.2) is 0 Å². The van der Waals surface area contributed by atoms with Crippen molar-refractivity contribution in [3.8, 4) is 0 Å². The molecule has 13 heavy (non-hydrogen) atoms. The van der Waals surface area contributed by atoms with Crippen LogP contribution in [0.4, 0.5) is 0 Å².